The molecule has 2 aromatic rings. The minimum Gasteiger partial charge on any atom is -0.410 e. The molecule has 0 unspecified atom stereocenters. The molecule has 142 valence electrons. The van der Waals surface area contributed by atoms with Gasteiger partial charge >= 0.3 is 12.2 Å². The van der Waals surface area contributed by atoms with Crippen LogP contribution in [0, 0.1) is 0 Å². The quantitative estimate of drug-likeness (QED) is 0.823. The Morgan fingerprint density at radius 2 is 1.11 bits per heavy atom. The Hall–Kier alpha value is -3.07. The van der Waals surface area contributed by atoms with E-state index < -0.39 is 34.1 Å². The lowest BCUT2D eigenvalue weighted by Gasteiger charge is -2.20. The molecule has 1 aliphatic rings. The highest BCUT2D eigenvalue weighted by Gasteiger charge is 2.40. The van der Waals surface area contributed by atoms with Gasteiger partial charge in [0.1, 0.15) is 11.5 Å². The van der Waals surface area contributed by atoms with Crippen molar-refractivity contribution < 1.29 is 27.5 Å². The first kappa shape index (κ1) is 18.7. The van der Waals surface area contributed by atoms with Gasteiger partial charge in [0.15, 0.2) is 9.84 Å². The fraction of sp³-hybridized carbons (Fsp3) is 0.222. The Kier molecular flexibility index (Phi) is 5.60. The normalized spacial score (nSPS) is 20.4. The van der Waals surface area contributed by atoms with Crippen molar-refractivity contribution in [2.75, 3.05) is 11.5 Å². The van der Waals surface area contributed by atoms with Crippen LogP contribution in [0.4, 0.5) is 9.59 Å². The summed E-state index contributed by atoms with van der Waals surface area (Å²) in [6.07, 6.45) is -1.60. The molecule has 0 radical (unpaired) electrons. The summed E-state index contributed by atoms with van der Waals surface area (Å²) in [5, 5.41) is 4.98. The molecule has 27 heavy (non-hydrogen) atoms. The first-order valence-corrected chi connectivity index (χ1v) is 10.0. The first-order chi connectivity index (χ1) is 12.9. The van der Waals surface area contributed by atoms with Gasteiger partial charge in [-0.2, -0.15) is 0 Å². The van der Waals surface area contributed by atoms with Gasteiger partial charge in [-0.05, 0) is 24.3 Å². The number of sulfone groups is 1. The number of hydrogen-bond acceptors (Lipinski definition) is 6. The van der Waals surface area contributed by atoms with Crippen molar-refractivity contribution in [3.05, 3.63) is 60.7 Å². The van der Waals surface area contributed by atoms with Crippen LogP contribution in [0.1, 0.15) is 0 Å². The van der Waals surface area contributed by atoms with Crippen LogP contribution in [-0.4, -0.2) is 44.2 Å². The smallest absolute Gasteiger partial charge is 0.410 e. The maximum Gasteiger partial charge on any atom is 0.412 e. The molecule has 1 saturated heterocycles. The van der Waals surface area contributed by atoms with Crippen LogP contribution in [0.3, 0.4) is 0 Å². The summed E-state index contributed by atoms with van der Waals surface area (Å²) in [5.41, 5.74) is 0. The molecule has 9 heteroatoms. The predicted octanol–water partition coefficient (Wildman–Crippen LogP) is 1.73. The topological polar surface area (TPSA) is 111 Å². The van der Waals surface area contributed by atoms with E-state index in [1.54, 1.807) is 60.7 Å². The van der Waals surface area contributed by atoms with Gasteiger partial charge in [0.05, 0.1) is 23.6 Å². The lowest BCUT2D eigenvalue weighted by Crippen LogP contribution is -2.52. The summed E-state index contributed by atoms with van der Waals surface area (Å²) >= 11 is 0. The van der Waals surface area contributed by atoms with Crippen LogP contribution in [0.25, 0.3) is 0 Å². The molecule has 2 amide bonds. The zero-order valence-corrected chi connectivity index (χ0v) is 15.0. The SMILES string of the molecule is O=C(N[C@H]1CS(=O)(=O)C[C@H]1NC(=O)Oc1ccccc1)Oc1ccccc1. The minimum absolute atomic E-state index is 0.298. The molecular formula is C18H18N2O6S. The maximum atomic E-state index is 12.0. The number of carbonyl (C=O) groups is 2. The highest BCUT2D eigenvalue weighted by atomic mass is 32.2. The molecule has 2 atom stereocenters. The number of hydrogen-bond donors (Lipinski definition) is 2. The van der Waals surface area contributed by atoms with Crippen molar-refractivity contribution in [1.29, 1.82) is 0 Å². The average molecular weight is 390 g/mol. The zero-order chi connectivity index (χ0) is 19.3. The Bertz CT molecular complexity index is 832. The van der Waals surface area contributed by atoms with Crippen molar-refractivity contribution in [2.45, 2.75) is 12.1 Å². The van der Waals surface area contributed by atoms with Crippen LogP contribution in [0.15, 0.2) is 60.7 Å². The van der Waals surface area contributed by atoms with E-state index in [1.165, 1.54) is 0 Å². The van der Waals surface area contributed by atoms with Gasteiger partial charge in [-0.25, -0.2) is 18.0 Å². The molecule has 0 aliphatic carbocycles. The lowest BCUT2D eigenvalue weighted by atomic mass is 10.2. The minimum atomic E-state index is -3.42. The number of ether oxygens (including phenoxy) is 2. The third-order valence-electron chi connectivity index (χ3n) is 3.87. The summed E-state index contributed by atoms with van der Waals surface area (Å²) in [7, 11) is -3.42. The highest BCUT2D eigenvalue weighted by Crippen LogP contribution is 2.15. The van der Waals surface area contributed by atoms with Gasteiger partial charge in [0, 0.05) is 0 Å². The molecule has 0 aromatic heterocycles. The molecule has 1 heterocycles. The molecule has 0 bridgehead atoms. The van der Waals surface area contributed by atoms with Crippen LogP contribution in [-0.2, 0) is 9.84 Å². The van der Waals surface area contributed by atoms with E-state index in [2.05, 4.69) is 10.6 Å². The van der Waals surface area contributed by atoms with Gasteiger partial charge in [0.25, 0.3) is 0 Å². The Labute approximate surface area is 156 Å². The van der Waals surface area contributed by atoms with Gasteiger partial charge in [-0.15, -0.1) is 0 Å². The second-order valence-electron chi connectivity index (χ2n) is 5.98. The number of amides is 2. The van der Waals surface area contributed by atoms with Crippen LogP contribution < -0.4 is 20.1 Å². The fourth-order valence-electron chi connectivity index (χ4n) is 2.68. The summed E-state index contributed by atoms with van der Waals surface area (Å²) in [5.74, 6) is 0.0491. The van der Waals surface area contributed by atoms with Gasteiger partial charge in [-0.3, -0.25) is 0 Å². The summed E-state index contributed by atoms with van der Waals surface area (Å²) in [6.45, 7) is 0. The fourth-order valence-corrected chi connectivity index (χ4v) is 4.55. The summed E-state index contributed by atoms with van der Waals surface area (Å²) < 4.78 is 34.1. The van der Waals surface area contributed by atoms with E-state index in [0.29, 0.717) is 11.5 Å². The lowest BCUT2D eigenvalue weighted by molar-refractivity contribution is 0.186. The number of rotatable bonds is 4. The van der Waals surface area contributed by atoms with E-state index >= 15 is 0 Å². The molecule has 8 nitrogen and oxygen atoms in total. The largest absolute Gasteiger partial charge is 0.412 e. The van der Waals surface area contributed by atoms with E-state index in [0.717, 1.165) is 0 Å². The third-order valence-corrected chi connectivity index (χ3v) is 5.60. The summed E-state index contributed by atoms with van der Waals surface area (Å²) in [6, 6.07) is 15.1. The first-order valence-electron chi connectivity index (χ1n) is 8.18. The van der Waals surface area contributed by atoms with Crippen molar-refractivity contribution in [1.82, 2.24) is 10.6 Å². The van der Waals surface area contributed by atoms with Gasteiger partial charge in [-0.1, -0.05) is 36.4 Å². The van der Waals surface area contributed by atoms with Crippen molar-refractivity contribution >= 4 is 22.0 Å². The Balaban J connectivity index is 1.60. The summed E-state index contributed by atoms with van der Waals surface area (Å²) in [4.78, 5) is 24.1. The Morgan fingerprint density at radius 1 is 0.741 bits per heavy atom. The second kappa shape index (κ2) is 8.09. The van der Waals surface area contributed by atoms with Crippen molar-refractivity contribution in [3.63, 3.8) is 0 Å². The zero-order valence-electron chi connectivity index (χ0n) is 14.2. The highest BCUT2D eigenvalue weighted by molar-refractivity contribution is 7.91. The van der Waals surface area contributed by atoms with Crippen LogP contribution in [0.2, 0.25) is 0 Å². The number of benzene rings is 2. The van der Waals surface area contributed by atoms with Crippen LogP contribution >= 0.6 is 0 Å². The van der Waals surface area contributed by atoms with E-state index in [-0.39, 0.29) is 11.5 Å². The maximum absolute atomic E-state index is 12.0. The third kappa shape index (κ3) is 5.45. The standard InChI is InChI=1S/C18H18N2O6S/c21-17(25-13-7-3-1-4-8-13)19-15-11-27(23,24)12-16(15)20-18(22)26-14-9-5-2-6-10-14/h1-10,15-16H,11-12H2,(H,19,21)(H,20,22)/t15-,16+. The molecule has 2 N–H and O–H groups in total. The predicted molar refractivity (Wildman–Crippen MR) is 97.4 cm³/mol. The van der Waals surface area contributed by atoms with E-state index in [1.807, 2.05) is 0 Å². The van der Waals surface area contributed by atoms with Crippen LogP contribution in [0.5, 0.6) is 11.5 Å². The van der Waals surface area contributed by atoms with Crippen molar-refractivity contribution in [2.24, 2.45) is 0 Å². The van der Waals surface area contributed by atoms with Gasteiger partial charge < -0.3 is 20.1 Å². The molecule has 1 fully saturated rings. The van der Waals surface area contributed by atoms with E-state index in [9.17, 15) is 18.0 Å². The number of carbonyl (C=O) groups excluding carboxylic acids is 2. The number of nitrogens with one attached hydrogen (secondary N) is 2. The molecule has 2 aromatic carbocycles. The molecule has 0 spiro atoms. The average Bonchev–Trinajstić information content (AvgIpc) is 2.89. The molecule has 0 saturated carbocycles. The van der Waals surface area contributed by atoms with Gasteiger partial charge in [0.2, 0.25) is 0 Å². The monoisotopic (exact) mass is 390 g/mol. The molecule has 3 rings (SSSR count). The second-order valence-corrected chi connectivity index (χ2v) is 8.14. The van der Waals surface area contributed by atoms with Crippen molar-refractivity contribution in [3.8, 4) is 11.5 Å². The number of para-hydroxylation sites is 2. The Morgan fingerprint density at radius 3 is 1.48 bits per heavy atom. The van der Waals surface area contributed by atoms with E-state index in [4.69, 9.17) is 9.47 Å². The molecule has 1 aliphatic heterocycles. The molecular weight excluding hydrogens is 372 g/mol.